The molecule has 66 valence electrons. The minimum Gasteiger partial charge on any atom is -0.383 e. The molecule has 0 atom stereocenters. The van der Waals surface area contributed by atoms with E-state index in [2.05, 4.69) is 10.5 Å². The fourth-order valence-electron chi connectivity index (χ4n) is 1.08. The van der Waals surface area contributed by atoms with E-state index in [1.54, 1.807) is 12.4 Å². The van der Waals surface area contributed by atoms with Crippen LogP contribution in [0, 0.1) is 0 Å². The number of nitrogen functional groups attached to an aromatic ring is 1. The van der Waals surface area contributed by atoms with Gasteiger partial charge in [0.1, 0.15) is 5.82 Å². The Morgan fingerprint density at radius 2 is 2.38 bits per heavy atom. The Balaban J connectivity index is 2.40. The summed E-state index contributed by atoms with van der Waals surface area (Å²) < 4.78 is 0. The SMILES string of the molecule is Nc1ncccc1C1=CC=CNO1. The van der Waals surface area contributed by atoms with Crippen LogP contribution in [0.2, 0.25) is 0 Å². The zero-order chi connectivity index (χ0) is 9.10. The molecule has 1 aliphatic heterocycles. The lowest BCUT2D eigenvalue weighted by molar-refractivity contribution is 0.198. The van der Waals surface area contributed by atoms with E-state index >= 15 is 0 Å². The lowest BCUT2D eigenvalue weighted by atomic mass is 10.2. The quantitative estimate of drug-likeness (QED) is 0.669. The molecule has 2 heterocycles. The molecular weight excluding hydrogens is 166 g/mol. The van der Waals surface area contributed by atoms with Crippen molar-refractivity contribution < 1.29 is 4.84 Å². The second kappa shape index (κ2) is 3.18. The van der Waals surface area contributed by atoms with Gasteiger partial charge in [0.25, 0.3) is 0 Å². The predicted octanol–water partition coefficient (Wildman–Crippen LogP) is 1.05. The van der Waals surface area contributed by atoms with Crippen LogP contribution >= 0.6 is 0 Å². The topological polar surface area (TPSA) is 60.2 Å². The monoisotopic (exact) mass is 175 g/mol. The number of hydroxylamine groups is 1. The minimum absolute atomic E-state index is 0.464. The summed E-state index contributed by atoms with van der Waals surface area (Å²) in [6.07, 6.45) is 7.00. The number of rotatable bonds is 1. The fraction of sp³-hybridized carbons (Fsp3) is 0. The molecule has 0 saturated heterocycles. The number of nitrogens with zero attached hydrogens (tertiary/aromatic N) is 1. The van der Waals surface area contributed by atoms with Gasteiger partial charge < -0.3 is 10.6 Å². The summed E-state index contributed by atoms with van der Waals surface area (Å²) in [6.45, 7) is 0. The van der Waals surface area contributed by atoms with Crippen LogP contribution in [0.3, 0.4) is 0 Å². The van der Waals surface area contributed by atoms with Crippen LogP contribution < -0.4 is 11.2 Å². The standard InChI is InChI=1S/C9H9N3O/c10-9-7(3-1-5-11-9)8-4-2-6-12-13-8/h1-6,12H,(H2,10,11). The number of aromatic nitrogens is 1. The van der Waals surface area contributed by atoms with Crippen molar-refractivity contribution in [2.45, 2.75) is 0 Å². The smallest absolute Gasteiger partial charge is 0.165 e. The van der Waals surface area contributed by atoms with Crippen molar-refractivity contribution in [1.82, 2.24) is 10.5 Å². The number of hydrogen-bond acceptors (Lipinski definition) is 4. The van der Waals surface area contributed by atoms with E-state index in [-0.39, 0.29) is 0 Å². The van der Waals surface area contributed by atoms with Crippen LogP contribution in [0.15, 0.2) is 36.7 Å². The molecule has 0 spiro atoms. The summed E-state index contributed by atoms with van der Waals surface area (Å²) in [5.74, 6) is 1.14. The molecule has 2 rings (SSSR count). The number of pyridine rings is 1. The number of nitrogens with two attached hydrogens (primary N) is 1. The summed E-state index contributed by atoms with van der Waals surface area (Å²) in [7, 11) is 0. The van der Waals surface area contributed by atoms with E-state index in [9.17, 15) is 0 Å². The van der Waals surface area contributed by atoms with E-state index in [0.29, 0.717) is 11.6 Å². The van der Waals surface area contributed by atoms with Crippen molar-refractivity contribution >= 4 is 11.6 Å². The van der Waals surface area contributed by atoms with Gasteiger partial charge in [-0.05, 0) is 24.3 Å². The van der Waals surface area contributed by atoms with Gasteiger partial charge in [-0.1, -0.05) is 0 Å². The second-order valence-corrected chi connectivity index (χ2v) is 2.55. The Hall–Kier alpha value is -1.97. The summed E-state index contributed by atoms with van der Waals surface area (Å²) in [5.41, 5.74) is 9.09. The molecule has 0 amide bonds. The van der Waals surface area contributed by atoms with Crippen molar-refractivity contribution in [1.29, 1.82) is 0 Å². The van der Waals surface area contributed by atoms with Gasteiger partial charge >= 0.3 is 0 Å². The van der Waals surface area contributed by atoms with Crippen LogP contribution in [0.5, 0.6) is 0 Å². The third-order valence-corrected chi connectivity index (χ3v) is 1.68. The van der Waals surface area contributed by atoms with Gasteiger partial charge in [0.15, 0.2) is 5.76 Å². The Morgan fingerprint density at radius 3 is 3.08 bits per heavy atom. The maximum atomic E-state index is 5.67. The van der Waals surface area contributed by atoms with Gasteiger partial charge in [0.05, 0.1) is 5.56 Å². The van der Waals surface area contributed by atoms with Crippen LogP contribution in [0.25, 0.3) is 5.76 Å². The van der Waals surface area contributed by atoms with Gasteiger partial charge in [-0.25, -0.2) is 10.5 Å². The van der Waals surface area contributed by atoms with Crippen LogP contribution in [0.1, 0.15) is 5.56 Å². The van der Waals surface area contributed by atoms with Gasteiger partial charge in [0, 0.05) is 12.4 Å². The lowest BCUT2D eigenvalue weighted by Gasteiger charge is -2.12. The number of nitrogens with one attached hydrogen (secondary N) is 1. The highest BCUT2D eigenvalue weighted by atomic mass is 16.6. The molecule has 0 saturated carbocycles. The van der Waals surface area contributed by atoms with E-state index in [0.717, 1.165) is 5.56 Å². The molecular formula is C9H9N3O. The van der Waals surface area contributed by atoms with Crippen molar-refractivity contribution in [3.05, 3.63) is 42.2 Å². The largest absolute Gasteiger partial charge is 0.383 e. The Labute approximate surface area is 75.7 Å². The van der Waals surface area contributed by atoms with Crippen molar-refractivity contribution in [3.8, 4) is 0 Å². The van der Waals surface area contributed by atoms with E-state index in [1.807, 2.05) is 24.3 Å². The van der Waals surface area contributed by atoms with E-state index in [4.69, 9.17) is 10.6 Å². The Morgan fingerprint density at radius 1 is 1.46 bits per heavy atom. The first-order valence-electron chi connectivity index (χ1n) is 3.88. The first-order chi connectivity index (χ1) is 6.38. The first-order valence-corrected chi connectivity index (χ1v) is 3.88. The van der Waals surface area contributed by atoms with Crippen molar-refractivity contribution in [2.75, 3.05) is 5.73 Å². The molecule has 1 aromatic heterocycles. The summed E-state index contributed by atoms with van der Waals surface area (Å²) in [4.78, 5) is 9.11. The minimum atomic E-state index is 0.464. The van der Waals surface area contributed by atoms with E-state index < -0.39 is 0 Å². The Kier molecular flexibility index (Phi) is 1.88. The highest BCUT2D eigenvalue weighted by Gasteiger charge is 2.08. The molecule has 1 aromatic rings. The lowest BCUT2D eigenvalue weighted by Crippen LogP contribution is -2.10. The van der Waals surface area contributed by atoms with Crippen molar-refractivity contribution in [3.63, 3.8) is 0 Å². The zero-order valence-electron chi connectivity index (χ0n) is 6.90. The maximum Gasteiger partial charge on any atom is 0.165 e. The molecule has 1 aliphatic rings. The summed E-state index contributed by atoms with van der Waals surface area (Å²) >= 11 is 0. The molecule has 0 radical (unpaired) electrons. The Bertz CT molecular complexity index is 371. The first kappa shape index (κ1) is 7.67. The molecule has 3 N–H and O–H groups in total. The van der Waals surface area contributed by atoms with Crippen LogP contribution in [0.4, 0.5) is 5.82 Å². The average Bonchev–Trinajstić information content (AvgIpc) is 2.20. The average molecular weight is 175 g/mol. The second-order valence-electron chi connectivity index (χ2n) is 2.55. The summed E-state index contributed by atoms with van der Waals surface area (Å²) in [6, 6.07) is 3.67. The molecule has 0 unspecified atom stereocenters. The number of anilines is 1. The predicted molar refractivity (Wildman–Crippen MR) is 50.0 cm³/mol. The zero-order valence-corrected chi connectivity index (χ0v) is 6.90. The molecule has 4 nitrogen and oxygen atoms in total. The molecule has 4 heteroatoms. The van der Waals surface area contributed by atoms with Crippen LogP contribution in [-0.2, 0) is 4.84 Å². The summed E-state index contributed by atoms with van der Waals surface area (Å²) in [5, 5.41) is 0. The molecule has 13 heavy (non-hydrogen) atoms. The highest BCUT2D eigenvalue weighted by molar-refractivity contribution is 5.69. The molecule has 0 aromatic carbocycles. The third-order valence-electron chi connectivity index (χ3n) is 1.68. The van der Waals surface area contributed by atoms with Crippen LogP contribution in [-0.4, -0.2) is 4.98 Å². The van der Waals surface area contributed by atoms with Gasteiger partial charge in [0.2, 0.25) is 0 Å². The highest BCUT2D eigenvalue weighted by Crippen LogP contribution is 2.20. The van der Waals surface area contributed by atoms with Gasteiger partial charge in [-0.2, -0.15) is 0 Å². The number of hydrogen-bond donors (Lipinski definition) is 2. The third kappa shape index (κ3) is 1.46. The van der Waals surface area contributed by atoms with E-state index in [1.165, 1.54) is 0 Å². The molecule has 0 fully saturated rings. The number of allylic oxidation sites excluding steroid dienone is 2. The van der Waals surface area contributed by atoms with Crippen molar-refractivity contribution in [2.24, 2.45) is 0 Å². The maximum absolute atomic E-state index is 5.67. The fourth-order valence-corrected chi connectivity index (χ4v) is 1.08. The normalized spacial score (nSPS) is 14.3. The molecule has 0 bridgehead atoms. The molecule has 0 aliphatic carbocycles. The van der Waals surface area contributed by atoms with Gasteiger partial charge in [-0.15, -0.1) is 0 Å². The van der Waals surface area contributed by atoms with Gasteiger partial charge in [-0.3, -0.25) is 0 Å².